The van der Waals surface area contributed by atoms with Gasteiger partial charge in [0.1, 0.15) is 6.04 Å². The smallest absolute Gasteiger partial charge is 0.318 e. The van der Waals surface area contributed by atoms with Crippen molar-refractivity contribution in [1.82, 2.24) is 20.4 Å². The van der Waals surface area contributed by atoms with Crippen LogP contribution in [0, 0.1) is 0 Å². The van der Waals surface area contributed by atoms with Crippen molar-refractivity contribution in [3.8, 4) is 11.4 Å². The molecule has 144 valence electrons. The van der Waals surface area contributed by atoms with Gasteiger partial charge in [0, 0.05) is 23.1 Å². The van der Waals surface area contributed by atoms with Gasteiger partial charge < -0.3 is 14.7 Å². The Morgan fingerprint density at radius 1 is 1.14 bits per heavy atom. The van der Waals surface area contributed by atoms with Crippen molar-refractivity contribution in [1.29, 1.82) is 0 Å². The van der Waals surface area contributed by atoms with Crippen LogP contribution in [0.3, 0.4) is 0 Å². The summed E-state index contributed by atoms with van der Waals surface area (Å²) >= 11 is 3.43. The molecular weight excluding hydrogens is 420 g/mol. The van der Waals surface area contributed by atoms with E-state index >= 15 is 0 Å². The van der Waals surface area contributed by atoms with Gasteiger partial charge in [0.15, 0.2) is 0 Å². The van der Waals surface area contributed by atoms with Crippen LogP contribution in [-0.2, 0) is 6.54 Å². The minimum Gasteiger partial charge on any atom is -0.337 e. The normalized spacial score (nSPS) is 16.8. The largest absolute Gasteiger partial charge is 0.337 e. The zero-order valence-electron chi connectivity index (χ0n) is 15.3. The Labute approximate surface area is 172 Å². The Bertz CT molecular complexity index is 927. The van der Waals surface area contributed by atoms with Crippen LogP contribution in [0.4, 0.5) is 4.79 Å². The summed E-state index contributed by atoms with van der Waals surface area (Å²) in [6, 6.07) is 17.3. The van der Waals surface area contributed by atoms with E-state index < -0.39 is 0 Å². The molecule has 2 amide bonds. The van der Waals surface area contributed by atoms with Gasteiger partial charge in [-0.1, -0.05) is 51.4 Å². The highest BCUT2D eigenvalue weighted by Gasteiger charge is 2.32. The lowest BCUT2D eigenvalue weighted by Crippen LogP contribution is -2.44. The third kappa shape index (κ3) is 4.25. The molecule has 0 bridgehead atoms. The Balaban J connectivity index is 1.47. The fraction of sp³-hybridized carbons (Fsp3) is 0.286. The van der Waals surface area contributed by atoms with Crippen LogP contribution < -0.4 is 5.32 Å². The first-order valence-electron chi connectivity index (χ1n) is 9.38. The quantitative estimate of drug-likeness (QED) is 0.623. The summed E-state index contributed by atoms with van der Waals surface area (Å²) in [6.45, 7) is 1.18. The molecule has 6 nitrogen and oxygen atoms in total. The molecule has 1 fully saturated rings. The molecule has 1 N–H and O–H groups in total. The summed E-state index contributed by atoms with van der Waals surface area (Å²) in [6.07, 6.45) is 2.83. The first kappa shape index (κ1) is 18.7. The van der Waals surface area contributed by atoms with Crippen LogP contribution in [0.5, 0.6) is 0 Å². The molecule has 0 spiro atoms. The van der Waals surface area contributed by atoms with E-state index in [9.17, 15) is 4.79 Å². The van der Waals surface area contributed by atoms with E-state index in [0.29, 0.717) is 24.8 Å². The molecule has 0 radical (unpaired) electrons. The molecule has 28 heavy (non-hydrogen) atoms. The molecule has 1 saturated heterocycles. The summed E-state index contributed by atoms with van der Waals surface area (Å²) in [5, 5.41) is 7.12. The molecule has 7 heteroatoms. The zero-order valence-corrected chi connectivity index (χ0v) is 16.9. The van der Waals surface area contributed by atoms with Crippen molar-refractivity contribution in [2.75, 3.05) is 6.54 Å². The predicted octanol–water partition coefficient (Wildman–Crippen LogP) is 4.94. The first-order valence-corrected chi connectivity index (χ1v) is 10.2. The van der Waals surface area contributed by atoms with Crippen molar-refractivity contribution in [3.05, 3.63) is 70.5 Å². The van der Waals surface area contributed by atoms with Gasteiger partial charge in [-0.2, -0.15) is 4.98 Å². The molecule has 4 rings (SSSR count). The van der Waals surface area contributed by atoms with Gasteiger partial charge in [0.05, 0.1) is 0 Å². The minimum absolute atomic E-state index is 0.100. The Hall–Kier alpha value is -2.67. The van der Waals surface area contributed by atoms with Gasteiger partial charge in [-0.25, -0.2) is 4.79 Å². The molecule has 2 heterocycles. The summed E-state index contributed by atoms with van der Waals surface area (Å²) < 4.78 is 6.53. The minimum atomic E-state index is -0.193. The number of rotatable bonds is 4. The number of aromatic nitrogens is 2. The van der Waals surface area contributed by atoms with Crippen LogP contribution >= 0.6 is 15.9 Å². The SMILES string of the molecule is O=C(NCc1ccccc1)N1CCCCC1c1nc(-c2ccc(Br)cc2)no1. The lowest BCUT2D eigenvalue weighted by Gasteiger charge is -2.33. The highest BCUT2D eigenvalue weighted by molar-refractivity contribution is 9.10. The Morgan fingerprint density at radius 2 is 1.93 bits per heavy atom. The van der Waals surface area contributed by atoms with Crippen LogP contribution in [0.1, 0.15) is 36.8 Å². The fourth-order valence-corrected chi connectivity index (χ4v) is 3.66. The highest BCUT2D eigenvalue weighted by atomic mass is 79.9. The van der Waals surface area contributed by atoms with E-state index in [1.54, 1.807) is 0 Å². The maximum absolute atomic E-state index is 12.8. The van der Waals surface area contributed by atoms with Gasteiger partial charge in [0.25, 0.3) is 0 Å². The van der Waals surface area contributed by atoms with E-state index in [1.807, 2.05) is 59.5 Å². The number of likely N-dealkylation sites (tertiary alicyclic amines) is 1. The number of hydrogen-bond acceptors (Lipinski definition) is 4. The van der Waals surface area contributed by atoms with Gasteiger partial charge in [0.2, 0.25) is 11.7 Å². The molecule has 3 aromatic rings. The number of carbonyl (C=O) groups excluding carboxylic acids is 1. The molecule has 2 aromatic carbocycles. The molecule has 1 atom stereocenters. The van der Waals surface area contributed by atoms with Crippen LogP contribution in [0.2, 0.25) is 0 Å². The van der Waals surface area contributed by atoms with Crippen molar-refractivity contribution in [3.63, 3.8) is 0 Å². The van der Waals surface area contributed by atoms with Crippen molar-refractivity contribution < 1.29 is 9.32 Å². The standard InChI is InChI=1S/C21H21BrN4O2/c22-17-11-9-16(10-12-17)19-24-20(28-25-19)18-8-4-5-13-26(18)21(27)23-14-15-6-2-1-3-7-15/h1-3,6-7,9-12,18H,4-5,8,13-14H2,(H,23,27). The van der Waals surface area contributed by atoms with Crippen LogP contribution in [-0.4, -0.2) is 27.6 Å². The number of piperidine rings is 1. The second-order valence-corrected chi connectivity index (χ2v) is 7.73. The number of nitrogens with one attached hydrogen (secondary N) is 1. The summed E-state index contributed by atoms with van der Waals surface area (Å²) in [7, 11) is 0. The number of urea groups is 1. The Kier molecular flexibility index (Phi) is 5.71. The lowest BCUT2D eigenvalue weighted by atomic mass is 10.0. The van der Waals surface area contributed by atoms with Crippen LogP contribution in [0.25, 0.3) is 11.4 Å². The lowest BCUT2D eigenvalue weighted by molar-refractivity contribution is 0.131. The maximum Gasteiger partial charge on any atom is 0.318 e. The topological polar surface area (TPSA) is 71.3 Å². The van der Waals surface area contributed by atoms with Gasteiger partial charge in [-0.05, 0) is 49.1 Å². The summed E-state index contributed by atoms with van der Waals surface area (Å²) in [5.41, 5.74) is 1.95. The van der Waals surface area contributed by atoms with E-state index in [2.05, 4.69) is 31.4 Å². The molecule has 0 aliphatic carbocycles. The number of amides is 2. The van der Waals surface area contributed by atoms with E-state index in [1.165, 1.54) is 0 Å². The maximum atomic E-state index is 12.8. The fourth-order valence-electron chi connectivity index (χ4n) is 3.39. The average molecular weight is 441 g/mol. The van der Waals surface area contributed by atoms with E-state index in [0.717, 1.165) is 34.9 Å². The summed E-state index contributed by atoms with van der Waals surface area (Å²) in [5.74, 6) is 1.03. The van der Waals surface area contributed by atoms with Crippen molar-refractivity contribution in [2.45, 2.75) is 31.8 Å². The molecule has 1 unspecified atom stereocenters. The van der Waals surface area contributed by atoms with Crippen molar-refractivity contribution >= 4 is 22.0 Å². The number of benzene rings is 2. The van der Waals surface area contributed by atoms with Crippen LogP contribution in [0.15, 0.2) is 63.6 Å². The average Bonchev–Trinajstić information content (AvgIpc) is 3.23. The van der Waals surface area contributed by atoms with Crippen molar-refractivity contribution in [2.24, 2.45) is 0 Å². The third-order valence-corrected chi connectivity index (χ3v) is 5.41. The molecule has 1 aliphatic heterocycles. The predicted molar refractivity (Wildman–Crippen MR) is 109 cm³/mol. The van der Waals surface area contributed by atoms with Gasteiger partial charge in [-0.3, -0.25) is 0 Å². The second kappa shape index (κ2) is 8.56. The zero-order chi connectivity index (χ0) is 19.3. The van der Waals surface area contributed by atoms with E-state index in [-0.39, 0.29) is 12.1 Å². The number of halogens is 1. The molecule has 1 aliphatic rings. The number of nitrogens with zero attached hydrogens (tertiary/aromatic N) is 3. The second-order valence-electron chi connectivity index (χ2n) is 6.81. The van der Waals surface area contributed by atoms with E-state index in [4.69, 9.17) is 4.52 Å². The number of carbonyl (C=O) groups is 1. The molecule has 1 aromatic heterocycles. The van der Waals surface area contributed by atoms with Gasteiger partial charge in [-0.15, -0.1) is 0 Å². The number of hydrogen-bond donors (Lipinski definition) is 1. The first-order chi connectivity index (χ1) is 13.7. The highest BCUT2D eigenvalue weighted by Crippen LogP contribution is 2.31. The summed E-state index contributed by atoms with van der Waals surface area (Å²) in [4.78, 5) is 19.2. The third-order valence-electron chi connectivity index (χ3n) is 4.88. The van der Waals surface area contributed by atoms with Gasteiger partial charge >= 0.3 is 6.03 Å². The molecular formula is C21H21BrN4O2. The Morgan fingerprint density at radius 3 is 2.71 bits per heavy atom. The monoisotopic (exact) mass is 440 g/mol. The molecule has 0 saturated carbocycles.